The fourth-order valence-electron chi connectivity index (χ4n) is 3.07. The summed E-state index contributed by atoms with van der Waals surface area (Å²) in [5.74, 6) is 1.40. The highest BCUT2D eigenvalue weighted by atomic mass is 14.9. The number of fused-ring (bicyclic) bond motifs is 1. The Morgan fingerprint density at radius 3 is 2.67 bits per heavy atom. The molecule has 1 aromatic carbocycles. The minimum absolute atomic E-state index is 0.574. The Morgan fingerprint density at radius 1 is 1.22 bits per heavy atom. The standard InChI is InChI=1S/C17H27N/c1-5-12(3)14-8-9-15-13(4)7-10-17(18-6-2)16(15)11-14/h8-9,11-13,17-18H,5-7,10H2,1-4H3. The summed E-state index contributed by atoms with van der Waals surface area (Å²) in [6.45, 7) is 10.2. The molecule has 3 unspecified atom stereocenters. The summed E-state index contributed by atoms with van der Waals surface area (Å²) < 4.78 is 0. The van der Waals surface area contributed by atoms with E-state index in [2.05, 4.69) is 51.2 Å². The zero-order chi connectivity index (χ0) is 13.1. The van der Waals surface area contributed by atoms with Crippen LogP contribution in [-0.2, 0) is 0 Å². The third-order valence-electron chi connectivity index (χ3n) is 4.54. The van der Waals surface area contributed by atoms with Crippen LogP contribution in [0.2, 0.25) is 0 Å². The highest BCUT2D eigenvalue weighted by Crippen LogP contribution is 2.38. The molecule has 18 heavy (non-hydrogen) atoms. The number of benzene rings is 1. The Bertz CT molecular complexity index is 397. The molecular weight excluding hydrogens is 218 g/mol. The molecular formula is C17H27N. The van der Waals surface area contributed by atoms with Crippen LogP contribution in [-0.4, -0.2) is 6.54 Å². The summed E-state index contributed by atoms with van der Waals surface area (Å²) in [5, 5.41) is 3.65. The van der Waals surface area contributed by atoms with Crippen molar-refractivity contribution < 1.29 is 0 Å². The lowest BCUT2D eigenvalue weighted by molar-refractivity contribution is 0.440. The van der Waals surface area contributed by atoms with Crippen molar-refractivity contribution in [1.82, 2.24) is 5.32 Å². The van der Waals surface area contributed by atoms with Crippen LogP contribution < -0.4 is 5.32 Å². The fourth-order valence-corrected chi connectivity index (χ4v) is 3.07. The van der Waals surface area contributed by atoms with Crippen LogP contribution in [0.15, 0.2) is 18.2 Å². The number of nitrogens with one attached hydrogen (secondary N) is 1. The van der Waals surface area contributed by atoms with Gasteiger partial charge in [-0.1, -0.05) is 45.9 Å². The van der Waals surface area contributed by atoms with Gasteiger partial charge in [0.25, 0.3) is 0 Å². The first-order chi connectivity index (χ1) is 8.67. The molecule has 100 valence electrons. The second-order valence-electron chi connectivity index (χ2n) is 5.79. The molecule has 1 aliphatic carbocycles. The second kappa shape index (κ2) is 5.88. The quantitative estimate of drug-likeness (QED) is 0.807. The molecule has 0 saturated carbocycles. The summed E-state index contributed by atoms with van der Waals surface area (Å²) in [6.07, 6.45) is 3.82. The Morgan fingerprint density at radius 2 is 2.00 bits per heavy atom. The monoisotopic (exact) mass is 245 g/mol. The Kier molecular flexibility index (Phi) is 4.45. The van der Waals surface area contributed by atoms with Crippen LogP contribution in [0.3, 0.4) is 0 Å². The Hall–Kier alpha value is -0.820. The molecule has 3 atom stereocenters. The molecule has 0 aliphatic heterocycles. The van der Waals surface area contributed by atoms with Crippen molar-refractivity contribution >= 4 is 0 Å². The summed E-state index contributed by atoms with van der Waals surface area (Å²) >= 11 is 0. The van der Waals surface area contributed by atoms with Crippen molar-refractivity contribution in [2.75, 3.05) is 6.54 Å². The van der Waals surface area contributed by atoms with Crippen molar-refractivity contribution in [3.63, 3.8) is 0 Å². The van der Waals surface area contributed by atoms with Gasteiger partial charge in [0, 0.05) is 6.04 Å². The molecule has 0 radical (unpaired) electrons. The van der Waals surface area contributed by atoms with Crippen LogP contribution in [0.4, 0.5) is 0 Å². The van der Waals surface area contributed by atoms with E-state index in [9.17, 15) is 0 Å². The molecule has 0 saturated heterocycles. The number of rotatable bonds is 4. The lowest BCUT2D eigenvalue weighted by Gasteiger charge is -2.31. The highest BCUT2D eigenvalue weighted by molar-refractivity contribution is 5.39. The number of hydrogen-bond acceptors (Lipinski definition) is 1. The molecule has 0 amide bonds. The van der Waals surface area contributed by atoms with E-state index in [1.165, 1.54) is 24.8 Å². The van der Waals surface area contributed by atoms with Gasteiger partial charge in [-0.2, -0.15) is 0 Å². The van der Waals surface area contributed by atoms with E-state index in [1.807, 2.05) is 0 Å². The predicted octanol–water partition coefficient (Wildman–Crippen LogP) is 4.75. The average Bonchev–Trinajstić information content (AvgIpc) is 2.41. The molecule has 1 nitrogen and oxygen atoms in total. The maximum absolute atomic E-state index is 3.65. The van der Waals surface area contributed by atoms with Gasteiger partial charge in [-0.05, 0) is 54.3 Å². The van der Waals surface area contributed by atoms with Gasteiger partial charge in [-0.3, -0.25) is 0 Å². The maximum atomic E-state index is 3.65. The Labute approximate surface area is 112 Å². The topological polar surface area (TPSA) is 12.0 Å². The predicted molar refractivity (Wildman–Crippen MR) is 79.2 cm³/mol. The zero-order valence-corrected chi connectivity index (χ0v) is 12.3. The van der Waals surface area contributed by atoms with E-state index in [0.717, 1.165) is 12.5 Å². The molecule has 2 rings (SSSR count). The van der Waals surface area contributed by atoms with Crippen LogP contribution in [0, 0.1) is 0 Å². The van der Waals surface area contributed by atoms with Crippen molar-refractivity contribution in [3.05, 3.63) is 34.9 Å². The largest absolute Gasteiger partial charge is 0.310 e. The molecule has 0 bridgehead atoms. The van der Waals surface area contributed by atoms with Crippen LogP contribution >= 0.6 is 0 Å². The molecule has 1 N–H and O–H groups in total. The van der Waals surface area contributed by atoms with Crippen molar-refractivity contribution in [2.45, 2.75) is 64.8 Å². The summed E-state index contributed by atoms with van der Waals surface area (Å²) in [6, 6.07) is 7.76. The van der Waals surface area contributed by atoms with Gasteiger partial charge in [0.05, 0.1) is 0 Å². The lowest BCUT2D eigenvalue weighted by atomic mass is 9.79. The highest BCUT2D eigenvalue weighted by Gasteiger charge is 2.24. The second-order valence-corrected chi connectivity index (χ2v) is 5.79. The van der Waals surface area contributed by atoms with Crippen molar-refractivity contribution in [2.24, 2.45) is 0 Å². The van der Waals surface area contributed by atoms with E-state index in [-0.39, 0.29) is 0 Å². The minimum Gasteiger partial charge on any atom is -0.310 e. The molecule has 1 aromatic rings. The van der Waals surface area contributed by atoms with E-state index in [4.69, 9.17) is 0 Å². The normalized spacial score (nSPS) is 24.7. The smallest absolute Gasteiger partial charge is 0.0323 e. The van der Waals surface area contributed by atoms with Crippen LogP contribution in [0.5, 0.6) is 0 Å². The minimum atomic E-state index is 0.574. The third-order valence-corrected chi connectivity index (χ3v) is 4.54. The molecule has 0 heterocycles. The Balaban J connectivity index is 2.36. The third kappa shape index (κ3) is 2.61. The average molecular weight is 245 g/mol. The van der Waals surface area contributed by atoms with Gasteiger partial charge < -0.3 is 5.32 Å². The van der Waals surface area contributed by atoms with Gasteiger partial charge in [0.2, 0.25) is 0 Å². The summed E-state index contributed by atoms with van der Waals surface area (Å²) in [4.78, 5) is 0. The first-order valence-electron chi connectivity index (χ1n) is 7.54. The van der Waals surface area contributed by atoms with Gasteiger partial charge in [0.1, 0.15) is 0 Å². The molecule has 0 aromatic heterocycles. The van der Waals surface area contributed by atoms with E-state index in [1.54, 1.807) is 11.1 Å². The SMILES string of the molecule is CCNC1CCC(C)c2ccc(C(C)CC)cc21. The first-order valence-corrected chi connectivity index (χ1v) is 7.54. The zero-order valence-electron chi connectivity index (χ0n) is 12.3. The van der Waals surface area contributed by atoms with Crippen LogP contribution in [0.1, 0.15) is 81.5 Å². The fraction of sp³-hybridized carbons (Fsp3) is 0.647. The van der Waals surface area contributed by atoms with E-state index in [0.29, 0.717) is 12.0 Å². The van der Waals surface area contributed by atoms with E-state index >= 15 is 0 Å². The maximum Gasteiger partial charge on any atom is 0.0323 e. The molecule has 1 heteroatoms. The summed E-state index contributed by atoms with van der Waals surface area (Å²) in [7, 11) is 0. The molecule has 1 aliphatic rings. The van der Waals surface area contributed by atoms with Crippen molar-refractivity contribution in [1.29, 1.82) is 0 Å². The van der Waals surface area contributed by atoms with Gasteiger partial charge >= 0.3 is 0 Å². The van der Waals surface area contributed by atoms with Gasteiger partial charge in [-0.15, -0.1) is 0 Å². The lowest BCUT2D eigenvalue weighted by Crippen LogP contribution is -2.26. The van der Waals surface area contributed by atoms with Crippen molar-refractivity contribution in [3.8, 4) is 0 Å². The van der Waals surface area contributed by atoms with Gasteiger partial charge in [-0.25, -0.2) is 0 Å². The van der Waals surface area contributed by atoms with Gasteiger partial charge in [0.15, 0.2) is 0 Å². The molecule has 0 spiro atoms. The summed E-state index contributed by atoms with van der Waals surface area (Å²) in [5.41, 5.74) is 4.64. The number of hydrogen-bond donors (Lipinski definition) is 1. The van der Waals surface area contributed by atoms with Crippen LogP contribution in [0.25, 0.3) is 0 Å². The molecule has 0 fully saturated rings. The van der Waals surface area contributed by atoms with E-state index < -0.39 is 0 Å². The first kappa shape index (κ1) is 13.6.